The molecular weight excluding hydrogens is 232 g/mol. The molecule has 0 aliphatic carbocycles. The number of carboxylic acid groups (broad SMARTS) is 1. The molecule has 0 heterocycles. The van der Waals surface area contributed by atoms with Crippen molar-refractivity contribution in [1.29, 1.82) is 0 Å². The van der Waals surface area contributed by atoms with Gasteiger partial charge in [-0.15, -0.1) is 0 Å². The molecule has 1 amide bonds. The average molecular weight is 250 g/mol. The normalized spacial score (nSPS) is 11.9. The average Bonchev–Trinajstić information content (AvgIpc) is 2.37. The van der Waals surface area contributed by atoms with Crippen LogP contribution in [0.15, 0.2) is 30.3 Å². The fourth-order valence-electron chi connectivity index (χ4n) is 1.68. The molecule has 0 aliphatic heterocycles. The molecule has 5 heteroatoms. The van der Waals surface area contributed by atoms with Gasteiger partial charge in [-0.3, -0.25) is 10.1 Å². The summed E-state index contributed by atoms with van der Waals surface area (Å²) in [6.07, 6.45) is 0. The van der Waals surface area contributed by atoms with E-state index in [9.17, 15) is 9.59 Å². The van der Waals surface area contributed by atoms with Gasteiger partial charge < -0.3 is 10.0 Å². The molecule has 2 N–H and O–H groups in total. The number of nitrogens with one attached hydrogen (secondary N) is 1. The summed E-state index contributed by atoms with van der Waals surface area (Å²) in [5.41, 5.74) is 0.980. The van der Waals surface area contributed by atoms with Gasteiger partial charge in [0.25, 0.3) is 5.91 Å². The molecule has 1 rings (SSSR count). The Morgan fingerprint density at radius 3 is 2.39 bits per heavy atom. The third-order valence-electron chi connectivity index (χ3n) is 2.69. The van der Waals surface area contributed by atoms with Crippen LogP contribution in [0.25, 0.3) is 0 Å². The maximum Gasteiger partial charge on any atom is 0.330 e. The molecule has 18 heavy (non-hydrogen) atoms. The zero-order valence-electron chi connectivity index (χ0n) is 10.6. The summed E-state index contributed by atoms with van der Waals surface area (Å²) in [7, 11) is 1.47. The van der Waals surface area contributed by atoms with Crippen LogP contribution in [0.4, 0.5) is 0 Å². The zero-order valence-corrected chi connectivity index (χ0v) is 10.6. The van der Waals surface area contributed by atoms with Crippen molar-refractivity contribution in [1.82, 2.24) is 10.2 Å². The van der Waals surface area contributed by atoms with Crippen LogP contribution in [0.3, 0.4) is 0 Å². The Kier molecular flexibility index (Phi) is 5.32. The largest absolute Gasteiger partial charge is 0.480 e. The van der Waals surface area contributed by atoms with Crippen molar-refractivity contribution in [3.05, 3.63) is 35.9 Å². The molecule has 0 fully saturated rings. The minimum Gasteiger partial charge on any atom is -0.480 e. The molecule has 0 aromatic heterocycles. The molecule has 1 atom stereocenters. The van der Waals surface area contributed by atoms with Crippen LogP contribution in [0.5, 0.6) is 0 Å². The second-order valence-corrected chi connectivity index (χ2v) is 3.90. The van der Waals surface area contributed by atoms with E-state index in [1.165, 1.54) is 11.9 Å². The number of carbonyl (C=O) groups is 2. The molecule has 0 saturated heterocycles. The number of rotatable bonds is 6. The number of hydrogen-bond donors (Lipinski definition) is 2. The highest BCUT2D eigenvalue weighted by Gasteiger charge is 2.28. The fourth-order valence-corrected chi connectivity index (χ4v) is 1.68. The fraction of sp³-hybridized carbons (Fsp3) is 0.385. The quantitative estimate of drug-likeness (QED) is 0.729. The van der Waals surface area contributed by atoms with Crippen LogP contribution >= 0.6 is 0 Å². The summed E-state index contributed by atoms with van der Waals surface area (Å²) < 4.78 is 0. The molecule has 98 valence electrons. The van der Waals surface area contributed by atoms with Gasteiger partial charge in [-0.2, -0.15) is 0 Å². The number of carbonyl (C=O) groups excluding carboxylic acids is 1. The van der Waals surface area contributed by atoms with E-state index in [0.717, 1.165) is 5.56 Å². The van der Waals surface area contributed by atoms with Gasteiger partial charge in [0.1, 0.15) is 0 Å². The minimum absolute atomic E-state index is 0.418. The van der Waals surface area contributed by atoms with E-state index >= 15 is 0 Å². The third-order valence-corrected chi connectivity index (χ3v) is 2.69. The standard InChI is InChI=1S/C13H18N2O3/c1-3-15(9-10-7-5-4-6-8-10)12(16)11(14-2)13(17)18/h4-8,11,14H,3,9H2,1-2H3,(H,17,18). The monoisotopic (exact) mass is 250 g/mol. The van der Waals surface area contributed by atoms with Crippen molar-refractivity contribution in [2.45, 2.75) is 19.5 Å². The number of benzene rings is 1. The summed E-state index contributed by atoms with van der Waals surface area (Å²) in [5.74, 6) is -1.58. The molecule has 0 bridgehead atoms. The highest BCUT2D eigenvalue weighted by atomic mass is 16.4. The van der Waals surface area contributed by atoms with Gasteiger partial charge in [0.2, 0.25) is 0 Å². The van der Waals surface area contributed by atoms with Crippen molar-refractivity contribution in [2.24, 2.45) is 0 Å². The summed E-state index contributed by atoms with van der Waals surface area (Å²) in [4.78, 5) is 24.5. The lowest BCUT2D eigenvalue weighted by molar-refractivity contribution is -0.147. The number of aliphatic carboxylic acids is 1. The van der Waals surface area contributed by atoms with Gasteiger partial charge in [-0.25, -0.2) is 4.79 Å². The Hall–Kier alpha value is -1.88. The number of hydrogen-bond acceptors (Lipinski definition) is 3. The highest BCUT2D eigenvalue weighted by Crippen LogP contribution is 2.06. The van der Waals surface area contributed by atoms with Gasteiger partial charge in [0, 0.05) is 13.1 Å². The first kappa shape index (κ1) is 14.2. The minimum atomic E-state index is -1.19. The van der Waals surface area contributed by atoms with Crippen LogP contribution in [0.1, 0.15) is 12.5 Å². The van der Waals surface area contributed by atoms with Gasteiger partial charge in [-0.1, -0.05) is 30.3 Å². The second-order valence-electron chi connectivity index (χ2n) is 3.90. The number of nitrogens with zero attached hydrogens (tertiary/aromatic N) is 1. The summed E-state index contributed by atoms with van der Waals surface area (Å²) >= 11 is 0. The molecule has 0 saturated carbocycles. The SMILES string of the molecule is CCN(Cc1ccccc1)C(=O)C(NC)C(=O)O. The van der Waals surface area contributed by atoms with E-state index in [0.29, 0.717) is 13.1 Å². The second kappa shape index (κ2) is 6.76. The van der Waals surface area contributed by atoms with E-state index in [4.69, 9.17) is 5.11 Å². The van der Waals surface area contributed by atoms with Crippen LogP contribution in [-0.2, 0) is 16.1 Å². The van der Waals surface area contributed by atoms with Crippen LogP contribution in [0.2, 0.25) is 0 Å². The summed E-state index contributed by atoms with van der Waals surface area (Å²) in [6, 6.07) is 8.31. The number of carboxylic acids is 1. The number of amides is 1. The van der Waals surface area contributed by atoms with Gasteiger partial charge in [-0.05, 0) is 19.5 Å². The van der Waals surface area contributed by atoms with E-state index < -0.39 is 17.9 Å². The lowest BCUT2D eigenvalue weighted by atomic mass is 10.2. The van der Waals surface area contributed by atoms with Crippen molar-refractivity contribution >= 4 is 11.9 Å². The first-order valence-corrected chi connectivity index (χ1v) is 5.83. The molecule has 5 nitrogen and oxygen atoms in total. The predicted octanol–water partition coefficient (Wildman–Crippen LogP) is 0.708. The van der Waals surface area contributed by atoms with Crippen molar-refractivity contribution in [3.63, 3.8) is 0 Å². The van der Waals surface area contributed by atoms with E-state index in [1.807, 2.05) is 37.3 Å². The van der Waals surface area contributed by atoms with E-state index in [-0.39, 0.29) is 0 Å². The Morgan fingerprint density at radius 1 is 1.33 bits per heavy atom. The Morgan fingerprint density at radius 2 is 1.94 bits per heavy atom. The summed E-state index contributed by atoms with van der Waals surface area (Å²) in [6.45, 7) is 2.72. The Bertz CT molecular complexity index is 406. The van der Waals surface area contributed by atoms with Gasteiger partial charge in [0.05, 0.1) is 0 Å². The Labute approximate surface area is 106 Å². The van der Waals surface area contributed by atoms with Crippen molar-refractivity contribution in [3.8, 4) is 0 Å². The van der Waals surface area contributed by atoms with Gasteiger partial charge in [0.15, 0.2) is 6.04 Å². The zero-order chi connectivity index (χ0) is 13.5. The molecule has 1 aromatic carbocycles. The summed E-state index contributed by atoms with van der Waals surface area (Å²) in [5, 5.41) is 11.5. The first-order chi connectivity index (χ1) is 8.60. The molecule has 1 aromatic rings. The van der Waals surface area contributed by atoms with E-state index in [1.54, 1.807) is 0 Å². The van der Waals surface area contributed by atoms with Crippen molar-refractivity contribution in [2.75, 3.05) is 13.6 Å². The lowest BCUT2D eigenvalue weighted by Crippen LogP contribution is -2.49. The Balaban J connectivity index is 2.77. The maximum atomic E-state index is 12.0. The molecule has 1 unspecified atom stereocenters. The van der Waals surface area contributed by atoms with Crippen molar-refractivity contribution < 1.29 is 14.7 Å². The lowest BCUT2D eigenvalue weighted by Gasteiger charge is -2.24. The highest BCUT2D eigenvalue weighted by molar-refractivity contribution is 6.01. The van der Waals surface area contributed by atoms with Crippen LogP contribution in [-0.4, -0.2) is 41.5 Å². The maximum absolute atomic E-state index is 12.0. The van der Waals surface area contributed by atoms with E-state index in [2.05, 4.69) is 5.32 Å². The van der Waals surface area contributed by atoms with Crippen LogP contribution in [0, 0.1) is 0 Å². The number of likely N-dealkylation sites (N-methyl/N-ethyl adjacent to an activating group) is 2. The smallest absolute Gasteiger partial charge is 0.330 e. The molecular formula is C13H18N2O3. The predicted molar refractivity (Wildman–Crippen MR) is 68.0 cm³/mol. The third kappa shape index (κ3) is 3.56. The first-order valence-electron chi connectivity index (χ1n) is 5.83. The molecule has 0 radical (unpaired) electrons. The van der Waals surface area contributed by atoms with Crippen LogP contribution < -0.4 is 5.32 Å². The molecule has 0 aliphatic rings. The van der Waals surface area contributed by atoms with Gasteiger partial charge >= 0.3 is 5.97 Å². The topological polar surface area (TPSA) is 69.6 Å². The molecule has 0 spiro atoms.